The van der Waals surface area contributed by atoms with Gasteiger partial charge in [0.1, 0.15) is 0 Å². The molecule has 0 aliphatic heterocycles. The van der Waals surface area contributed by atoms with Crippen LogP contribution in [0.4, 0.5) is 0 Å². The number of rotatable bonds is 17. The molecule has 2 nitrogen and oxygen atoms in total. The number of hydrogen-bond donors (Lipinski definition) is 0. The van der Waals surface area contributed by atoms with Gasteiger partial charge in [-0.3, -0.25) is 0 Å². The molecule has 0 saturated heterocycles. The first kappa shape index (κ1) is 22.0. The maximum Gasteiger partial charge on any atom is 0.213 e. The number of unbranched alkanes of at least 4 members (excludes halogenated alkanes) is 13. The Morgan fingerprint density at radius 3 is 1.76 bits per heavy atom. The molecule has 1 heterocycles. The van der Waals surface area contributed by atoms with Gasteiger partial charge in [-0.1, -0.05) is 96.5 Å². The van der Waals surface area contributed by atoms with Crippen molar-refractivity contribution in [1.29, 1.82) is 0 Å². The zero-order valence-corrected chi connectivity index (χ0v) is 16.8. The molecule has 0 saturated carbocycles. The second-order valence-electron chi connectivity index (χ2n) is 7.48. The van der Waals surface area contributed by atoms with Crippen LogP contribution in [-0.4, -0.2) is 11.1 Å². The van der Waals surface area contributed by atoms with Crippen LogP contribution in [0.1, 0.15) is 110 Å². The second-order valence-corrected chi connectivity index (χ2v) is 7.48. The Morgan fingerprint density at radius 2 is 1.28 bits per heavy atom. The lowest BCUT2D eigenvalue weighted by Crippen LogP contribution is -2.12. The lowest BCUT2D eigenvalue weighted by atomic mass is 10.0. The molecular weight excluding hydrogens is 306 g/mol. The molecule has 0 amide bonds. The van der Waals surface area contributed by atoms with Crippen LogP contribution >= 0.6 is 0 Å². The van der Waals surface area contributed by atoms with Crippen LogP contribution in [-0.2, 0) is 0 Å². The van der Waals surface area contributed by atoms with Crippen LogP contribution < -0.4 is 4.74 Å². The van der Waals surface area contributed by atoms with E-state index >= 15 is 0 Å². The first-order valence-electron chi connectivity index (χ1n) is 10.9. The van der Waals surface area contributed by atoms with E-state index < -0.39 is 0 Å². The molecule has 0 aromatic carbocycles. The molecule has 1 aromatic heterocycles. The average Bonchev–Trinajstić information content (AvgIpc) is 2.63. The fourth-order valence-corrected chi connectivity index (χ4v) is 3.31. The molecular formula is C23H41NO. The van der Waals surface area contributed by atoms with Crippen LogP contribution in [0, 0.1) is 0 Å². The van der Waals surface area contributed by atoms with Gasteiger partial charge in [0.2, 0.25) is 5.88 Å². The Labute approximate surface area is 156 Å². The van der Waals surface area contributed by atoms with Gasteiger partial charge in [0.05, 0.1) is 6.10 Å². The number of aromatic nitrogens is 1. The molecule has 1 rings (SSSR count). The Hall–Kier alpha value is -1.05. The molecule has 1 unspecified atom stereocenters. The van der Waals surface area contributed by atoms with Crippen molar-refractivity contribution in [3.8, 4) is 5.88 Å². The van der Waals surface area contributed by atoms with E-state index in [9.17, 15) is 0 Å². The maximum absolute atomic E-state index is 5.82. The molecule has 25 heavy (non-hydrogen) atoms. The highest BCUT2D eigenvalue weighted by Gasteiger charge is 2.04. The topological polar surface area (TPSA) is 22.1 Å². The summed E-state index contributed by atoms with van der Waals surface area (Å²) in [5.41, 5.74) is 0. The third kappa shape index (κ3) is 13.9. The molecule has 0 radical (unpaired) electrons. The first-order valence-corrected chi connectivity index (χ1v) is 10.9. The highest BCUT2D eigenvalue weighted by molar-refractivity contribution is 5.09. The van der Waals surface area contributed by atoms with E-state index in [0.29, 0.717) is 0 Å². The summed E-state index contributed by atoms with van der Waals surface area (Å²) in [5.74, 6) is 0.750. The monoisotopic (exact) mass is 347 g/mol. The van der Waals surface area contributed by atoms with Gasteiger partial charge < -0.3 is 4.74 Å². The number of nitrogens with zero attached hydrogens (tertiary/aromatic N) is 1. The van der Waals surface area contributed by atoms with Crippen LogP contribution in [0.15, 0.2) is 24.4 Å². The van der Waals surface area contributed by atoms with Crippen molar-refractivity contribution in [1.82, 2.24) is 4.98 Å². The fourth-order valence-electron chi connectivity index (χ4n) is 3.31. The Morgan fingerprint density at radius 1 is 0.760 bits per heavy atom. The minimum absolute atomic E-state index is 0.271. The van der Waals surface area contributed by atoms with E-state index in [1.54, 1.807) is 6.20 Å². The van der Waals surface area contributed by atoms with Gasteiger partial charge in [-0.2, -0.15) is 0 Å². The van der Waals surface area contributed by atoms with Gasteiger partial charge in [-0.05, 0) is 25.8 Å². The van der Waals surface area contributed by atoms with E-state index in [0.717, 1.165) is 12.3 Å². The summed E-state index contributed by atoms with van der Waals surface area (Å²) >= 11 is 0. The Kier molecular flexibility index (Phi) is 14.4. The van der Waals surface area contributed by atoms with Crippen molar-refractivity contribution in [3.63, 3.8) is 0 Å². The minimum Gasteiger partial charge on any atom is -0.475 e. The molecule has 1 aromatic rings. The molecule has 0 fully saturated rings. The van der Waals surface area contributed by atoms with Gasteiger partial charge in [0.25, 0.3) is 0 Å². The zero-order valence-electron chi connectivity index (χ0n) is 16.8. The van der Waals surface area contributed by atoms with Crippen LogP contribution in [0.25, 0.3) is 0 Å². The molecule has 0 aliphatic carbocycles. The fraction of sp³-hybridized carbons (Fsp3) is 0.783. The second kappa shape index (κ2) is 16.4. The highest BCUT2D eigenvalue weighted by atomic mass is 16.5. The number of ether oxygens (including phenoxy) is 1. The standard InChI is InChI=1S/C23H41NO/c1-3-4-5-6-7-8-9-10-11-12-13-14-15-16-19-22(2)25-23-20-17-18-21-24-23/h17-18,20-22H,3-16,19H2,1-2H3. The largest absolute Gasteiger partial charge is 0.475 e. The summed E-state index contributed by atoms with van der Waals surface area (Å²) in [6.07, 6.45) is 23.0. The third-order valence-electron chi connectivity index (χ3n) is 4.92. The summed E-state index contributed by atoms with van der Waals surface area (Å²) in [6.45, 7) is 4.44. The molecule has 0 N–H and O–H groups in total. The average molecular weight is 348 g/mol. The van der Waals surface area contributed by atoms with Crippen molar-refractivity contribution in [3.05, 3.63) is 24.4 Å². The number of pyridine rings is 1. The SMILES string of the molecule is CCCCCCCCCCCCCCCCC(C)Oc1ccccn1. The Bertz CT molecular complexity index is 379. The number of hydrogen-bond acceptors (Lipinski definition) is 2. The van der Waals surface area contributed by atoms with Crippen LogP contribution in [0.5, 0.6) is 5.88 Å². The maximum atomic E-state index is 5.82. The zero-order chi connectivity index (χ0) is 18.0. The summed E-state index contributed by atoms with van der Waals surface area (Å²) in [5, 5.41) is 0. The Balaban J connectivity index is 1.78. The molecule has 0 aliphatic rings. The van der Waals surface area contributed by atoms with Gasteiger partial charge in [-0.25, -0.2) is 4.98 Å². The third-order valence-corrected chi connectivity index (χ3v) is 4.92. The predicted octanol–water partition coefficient (Wildman–Crippen LogP) is 7.72. The smallest absolute Gasteiger partial charge is 0.213 e. The van der Waals surface area contributed by atoms with E-state index in [1.165, 1.54) is 89.9 Å². The van der Waals surface area contributed by atoms with Gasteiger partial charge in [-0.15, -0.1) is 0 Å². The molecule has 144 valence electrons. The molecule has 0 bridgehead atoms. The predicted molar refractivity (Wildman–Crippen MR) is 109 cm³/mol. The van der Waals surface area contributed by atoms with Crippen molar-refractivity contribution in [2.75, 3.05) is 0 Å². The van der Waals surface area contributed by atoms with E-state index in [1.807, 2.05) is 18.2 Å². The quantitative estimate of drug-likeness (QED) is 0.269. The normalized spacial score (nSPS) is 12.2. The molecule has 2 heteroatoms. The van der Waals surface area contributed by atoms with Crippen LogP contribution in [0.2, 0.25) is 0 Å². The summed E-state index contributed by atoms with van der Waals surface area (Å²) in [6, 6.07) is 5.83. The minimum atomic E-state index is 0.271. The van der Waals surface area contributed by atoms with Gasteiger partial charge in [0, 0.05) is 12.3 Å². The van der Waals surface area contributed by atoms with E-state index in [4.69, 9.17) is 4.74 Å². The molecule has 0 spiro atoms. The van der Waals surface area contributed by atoms with E-state index in [2.05, 4.69) is 18.8 Å². The van der Waals surface area contributed by atoms with Crippen molar-refractivity contribution >= 4 is 0 Å². The van der Waals surface area contributed by atoms with Crippen molar-refractivity contribution in [2.45, 2.75) is 116 Å². The molecule has 1 atom stereocenters. The summed E-state index contributed by atoms with van der Waals surface area (Å²) in [7, 11) is 0. The van der Waals surface area contributed by atoms with Crippen molar-refractivity contribution in [2.24, 2.45) is 0 Å². The van der Waals surface area contributed by atoms with Crippen LogP contribution in [0.3, 0.4) is 0 Å². The first-order chi connectivity index (χ1) is 12.3. The lowest BCUT2D eigenvalue weighted by Gasteiger charge is -2.13. The van der Waals surface area contributed by atoms with Gasteiger partial charge >= 0.3 is 0 Å². The summed E-state index contributed by atoms with van der Waals surface area (Å²) < 4.78 is 5.82. The van der Waals surface area contributed by atoms with E-state index in [-0.39, 0.29) is 6.10 Å². The summed E-state index contributed by atoms with van der Waals surface area (Å²) in [4.78, 5) is 4.21. The highest BCUT2D eigenvalue weighted by Crippen LogP contribution is 2.15. The lowest BCUT2D eigenvalue weighted by molar-refractivity contribution is 0.198. The van der Waals surface area contributed by atoms with Crippen molar-refractivity contribution < 1.29 is 4.74 Å². The van der Waals surface area contributed by atoms with Gasteiger partial charge in [0.15, 0.2) is 0 Å².